The van der Waals surface area contributed by atoms with E-state index < -0.39 is 23.1 Å². The summed E-state index contributed by atoms with van der Waals surface area (Å²) in [4.78, 5) is 30.7. The lowest BCUT2D eigenvalue weighted by atomic mass is 9.98. The number of amides is 1. The van der Waals surface area contributed by atoms with Crippen molar-refractivity contribution in [2.75, 3.05) is 24.8 Å². The van der Waals surface area contributed by atoms with Gasteiger partial charge in [0, 0.05) is 34.9 Å². The van der Waals surface area contributed by atoms with Gasteiger partial charge in [-0.25, -0.2) is 13.8 Å². The summed E-state index contributed by atoms with van der Waals surface area (Å²) in [6, 6.07) is 19.7. The van der Waals surface area contributed by atoms with Crippen molar-refractivity contribution in [2.24, 2.45) is 0 Å². The zero-order valence-corrected chi connectivity index (χ0v) is 22.7. The first-order chi connectivity index (χ1) is 20.3. The average Bonchev–Trinajstić information content (AvgIpc) is 2.98. The fourth-order valence-electron chi connectivity index (χ4n) is 4.55. The van der Waals surface area contributed by atoms with Crippen LogP contribution >= 0.6 is 0 Å². The van der Waals surface area contributed by atoms with Crippen LogP contribution in [-0.4, -0.2) is 29.2 Å². The smallest absolute Gasteiger partial charge is 0.271 e. The SMILES string of the molecule is CCOc1ccn(-c2ccc(F)cc2)c(=O)c1C(=O)Nc1ccc(-c2ccc(OC)c(-c3ccnc(N)c3)c2)c(F)c1. The van der Waals surface area contributed by atoms with Crippen LogP contribution in [0.15, 0.2) is 96.1 Å². The highest BCUT2D eigenvalue weighted by Crippen LogP contribution is 2.36. The molecule has 42 heavy (non-hydrogen) atoms. The Labute approximate surface area is 240 Å². The van der Waals surface area contributed by atoms with E-state index in [1.165, 1.54) is 59.3 Å². The largest absolute Gasteiger partial charge is 0.496 e. The molecule has 0 unspecified atom stereocenters. The Morgan fingerprint density at radius 1 is 0.929 bits per heavy atom. The van der Waals surface area contributed by atoms with Crippen LogP contribution in [0.5, 0.6) is 11.5 Å². The Hall–Kier alpha value is -5.51. The number of nitrogen functional groups attached to an aromatic ring is 1. The van der Waals surface area contributed by atoms with Crippen molar-refractivity contribution in [1.29, 1.82) is 0 Å². The third kappa shape index (κ3) is 5.68. The fraction of sp³-hybridized carbons (Fsp3) is 0.0938. The lowest BCUT2D eigenvalue weighted by Gasteiger charge is -2.14. The maximum atomic E-state index is 15.4. The number of benzene rings is 3. The molecule has 2 heterocycles. The maximum absolute atomic E-state index is 15.4. The Morgan fingerprint density at radius 2 is 1.69 bits per heavy atom. The first-order valence-corrected chi connectivity index (χ1v) is 12.9. The number of methoxy groups -OCH3 is 1. The van der Waals surface area contributed by atoms with E-state index >= 15 is 4.39 Å². The van der Waals surface area contributed by atoms with Gasteiger partial charge in [0.1, 0.15) is 34.5 Å². The maximum Gasteiger partial charge on any atom is 0.271 e. The van der Waals surface area contributed by atoms with Crippen LogP contribution < -0.4 is 26.1 Å². The number of nitrogens with zero attached hydrogens (tertiary/aromatic N) is 2. The highest BCUT2D eigenvalue weighted by Gasteiger charge is 2.21. The van der Waals surface area contributed by atoms with Crippen molar-refractivity contribution in [3.05, 3.63) is 119 Å². The number of rotatable bonds is 8. The Bertz CT molecular complexity index is 1840. The van der Waals surface area contributed by atoms with Crippen LogP contribution in [0.1, 0.15) is 17.3 Å². The molecule has 0 aliphatic heterocycles. The zero-order valence-electron chi connectivity index (χ0n) is 22.7. The monoisotopic (exact) mass is 568 g/mol. The summed E-state index contributed by atoms with van der Waals surface area (Å²) in [5.41, 5.74) is 7.71. The number of aromatic nitrogens is 2. The molecular formula is C32H26F2N4O4. The van der Waals surface area contributed by atoms with Crippen molar-refractivity contribution in [3.8, 4) is 39.4 Å². The van der Waals surface area contributed by atoms with Crippen LogP contribution in [0.3, 0.4) is 0 Å². The summed E-state index contributed by atoms with van der Waals surface area (Å²) in [5, 5.41) is 2.59. The molecule has 3 aromatic carbocycles. The molecule has 8 nitrogen and oxygen atoms in total. The Kier molecular flexibility index (Phi) is 7.96. The van der Waals surface area contributed by atoms with E-state index in [9.17, 15) is 14.0 Å². The third-order valence-corrected chi connectivity index (χ3v) is 6.52. The highest BCUT2D eigenvalue weighted by molar-refractivity contribution is 6.06. The predicted octanol–water partition coefficient (Wildman–Crippen LogP) is 6.09. The summed E-state index contributed by atoms with van der Waals surface area (Å²) < 4.78 is 41.1. The molecule has 0 saturated heterocycles. The van der Waals surface area contributed by atoms with E-state index in [0.29, 0.717) is 28.4 Å². The summed E-state index contributed by atoms with van der Waals surface area (Å²) in [6.45, 7) is 1.93. The van der Waals surface area contributed by atoms with Gasteiger partial charge in [-0.15, -0.1) is 0 Å². The number of hydrogen-bond donors (Lipinski definition) is 2. The zero-order chi connectivity index (χ0) is 29.8. The van der Waals surface area contributed by atoms with Gasteiger partial charge < -0.3 is 20.5 Å². The van der Waals surface area contributed by atoms with Crippen molar-refractivity contribution in [1.82, 2.24) is 9.55 Å². The molecule has 0 fully saturated rings. The van der Waals surface area contributed by atoms with Crippen LogP contribution in [0.2, 0.25) is 0 Å². The van der Waals surface area contributed by atoms with Gasteiger partial charge in [-0.2, -0.15) is 0 Å². The molecule has 0 aliphatic rings. The second kappa shape index (κ2) is 11.9. The van der Waals surface area contributed by atoms with Gasteiger partial charge in [-0.05, 0) is 90.8 Å². The second-order valence-corrected chi connectivity index (χ2v) is 9.17. The number of hydrogen-bond acceptors (Lipinski definition) is 6. The Morgan fingerprint density at radius 3 is 2.38 bits per heavy atom. The standard InChI is InChI=1S/C32H26F2N4O4/c1-3-42-28-13-15-38(23-8-5-21(33)6-9-23)32(40)30(28)31(39)37-22-7-10-24(26(34)18-22)19-4-11-27(41-2)25(16-19)20-12-14-36-29(35)17-20/h4-18H,3H2,1-2H3,(H2,35,36)(H,37,39). The number of carbonyl (C=O) groups excluding carboxylic acids is 1. The van der Waals surface area contributed by atoms with Crippen LogP contribution in [0.25, 0.3) is 27.9 Å². The lowest BCUT2D eigenvalue weighted by Crippen LogP contribution is -2.29. The third-order valence-electron chi connectivity index (χ3n) is 6.52. The molecule has 0 bridgehead atoms. The molecule has 0 radical (unpaired) electrons. The number of pyridine rings is 2. The number of nitrogens with one attached hydrogen (secondary N) is 1. The molecule has 5 aromatic rings. The summed E-state index contributed by atoms with van der Waals surface area (Å²) in [6.07, 6.45) is 3.02. The summed E-state index contributed by atoms with van der Waals surface area (Å²) in [7, 11) is 1.54. The quantitative estimate of drug-likeness (QED) is 0.235. The van der Waals surface area contributed by atoms with E-state index in [2.05, 4.69) is 10.3 Å². The van der Waals surface area contributed by atoms with E-state index in [0.717, 1.165) is 5.56 Å². The topological polar surface area (TPSA) is 108 Å². The summed E-state index contributed by atoms with van der Waals surface area (Å²) in [5.74, 6) is -0.865. The average molecular weight is 569 g/mol. The molecule has 0 aliphatic carbocycles. The first-order valence-electron chi connectivity index (χ1n) is 12.9. The normalized spacial score (nSPS) is 10.8. The number of carbonyl (C=O) groups is 1. The van der Waals surface area contributed by atoms with Crippen LogP contribution in [0, 0.1) is 11.6 Å². The molecule has 0 atom stereocenters. The molecule has 5 rings (SSSR count). The molecule has 212 valence electrons. The molecule has 10 heteroatoms. The van der Waals surface area contributed by atoms with Crippen LogP contribution in [0.4, 0.5) is 20.3 Å². The van der Waals surface area contributed by atoms with Crippen molar-refractivity contribution in [3.63, 3.8) is 0 Å². The molecule has 3 N–H and O–H groups in total. The highest BCUT2D eigenvalue weighted by atomic mass is 19.1. The number of anilines is 2. The summed E-state index contributed by atoms with van der Waals surface area (Å²) >= 11 is 0. The van der Waals surface area contributed by atoms with Crippen molar-refractivity contribution >= 4 is 17.4 Å². The van der Waals surface area contributed by atoms with E-state index in [1.54, 1.807) is 50.6 Å². The minimum atomic E-state index is -0.783. The van der Waals surface area contributed by atoms with Crippen molar-refractivity contribution < 1.29 is 23.0 Å². The number of nitrogens with two attached hydrogens (primary N) is 1. The van der Waals surface area contributed by atoms with Gasteiger partial charge in [0.05, 0.1) is 13.7 Å². The molecule has 2 aromatic heterocycles. The van der Waals surface area contributed by atoms with Crippen molar-refractivity contribution in [2.45, 2.75) is 6.92 Å². The molecule has 1 amide bonds. The van der Waals surface area contributed by atoms with E-state index in [4.69, 9.17) is 15.2 Å². The second-order valence-electron chi connectivity index (χ2n) is 9.17. The van der Waals surface area contributed by atoms with E-state index in [1.807, 2.05) is 0 Å². The number of ether oxygens (including phenoxy) is 2. The van der Waals surface area contributed by atoms with Gasteiger partial charge in [-0.1, -0.05) is 6.07 Å². The molecule has 0 saturated carbocycles. The van der Waals surface area contributed by atoms with Gasteiger partial charge in [0.2, 0.25) is 0 Å². The molecular weight excluding hydrogens is 542 g/mol. The van der Waals surface area contributed by atoms with Gasteiger partial charge >= 0.3 is 0 Å². The van der Waals surface area contributed by atoms with Crippen LogP contribution in [-0.2, 0) is 0 Å². The molecule has 0 spiro atoms. The van der Waals surface area contributed by atoms with Gasteiger partial charge in [0.15, 0.2) is 0 Å². The van der Waals surface area contributed by atoms with Gasteiger partial charge in [-0.3, -0.25) is 14.2 Å². The number of halogens is 2. The minimum Gasteiger partial charge on any atom is -0.496 e. The first kappa shape index (κ1) is 28.0. The fourth-order valence-corrected chi connectivity index (χ4v) is 4.55. The lowest BCUT2D eigenvalue weighted by molar-refractivity contribution is 0.102. The van der Waals surface area contributed by atoms with Gasteiger partial charge in [0.25, 0.3) is 11.5 Å². The predicted molar refractivity (Wildman–Crippen MR) is 157 cm³/mol. The van der Waals surface area contributed by atoms with E-state index in [-0.39, 0.29) is 29.2 Å². The minimum absolute atomic E-state index is 0.0676. The Balaban J connectivity index is 1.47.